The highest BCUT2D eigenvalue weighted by atomic mass is 32.1. The van der Waals surface area contributed by atoms with Crippen molar-refractivity contribution in [1.82, 2.24) is 9.97 Å². The van der Waals surface area contributed by atoms with Crippen LogP contribution in [0.3, 0.4) is 0 Å². The van der Waals surface area contributed by atoms with Gasteiger partial charge in [0.1, 0.15) is 12.1 Å². The number of hydrogen-bond acceptors (Lipinski definition) is 6. The van der Waals surface area contributed by atoms with Gasteiger partial charge in [0.2, 0.25) is 0 Å². The Morgan fingerprint density at radius 2 is 0.917 bits per heavy atom. The average molecular weight is 495 g/mol. The van der Waals surface area contributed by atoms with E-state index in [1.807, 2.05) is 36.4 Å². The third-order valence-corrected chi connectivity index (χ3v) is 8.68. The fraction of sp³-hybridized carbons (Fsp3) is 0. The van der Waals surface area contributed by atoms with Crippen LogP contribution in [-0.4, -0.2) is 9.97 Å². The molecule has 3 aromatic heterocycles. The zero-order valence-corrected chi connectivity index (χ0v) is 20.3. The Morgan fingerprint density at radius 3 is 1.36 bits per heavy atom. The van der Waals surface area contributed by atoms with Gasteiger partial charge in [-0.15, -0.1) is 22.7 Å². The van der Waals surface area contributed by atoms with Crippen LogP contribution in [0.5, 0.6) is 0 Å². The van der Waals surface area contributed by atoms with Gasteiger partial charge < -0.3 is 0 Å². The molecule has 36 heavy (non-hydrogen) atoms. The number of nitrogens with zero attached hydrogens (tertiary/aromatic N) is 4. The van der Waals surface area contributed by atoms with Crippen LogP contribution in [0.25, 0.3) is 62.9 Å². The summed E-state index contributed by atoms with van der Waals surface area (Å²) in [6.07, 6.45) is 0. The zero-order chi connectivity index (χ0) is 24.2. The fourth-order valence-corrected chi connectivity index (χ4v) is 7.03. The first-order chi connectivity index (χ1) is 17.7. The first kappa shape index (κ1) is 20.7. The maximum Gasteiger partial charge on any atom is 0.177 e. The first-order valence-electron chi connectivity index (χ1n) is 11.3. The van der Waals surface area contributed by atoms with E-state index in [1.54, 1.807) is 22.7 Å². The highest BCUT2D eigenvalue weighted by Crippen LogP contribution is 2.40. The summed E-state index contributed by atoms with van der Waals surface area (Å²) in [4.78, 5) is 9.31. The number of thiophene rings is 2. The molecule has 0 aliphatic heterocycles. The number of rotatable bonds is 2. The first-order valence-corrected chi connectivity index (χ1v) is 12.9. The summed E-state index contributed by atoms with van der Waals surface area (Å²) in [5, 5.41) is 24.2. The van der Waals surface area contributed by atoms with E-state index in [0.717, 1.165) is 20.5 Å². The van der Waals surface area contributed by atoms with Gasteiger partial charge in [-0.25, -0.2) is 9.97 Å². The molecule has 0 N–H and O–H groups in total. The Hall–Kier alpha value is -4.62. The van der Waals surface area contributed by atoms with E-state index in [-0.39, 0.29) is 11.4 Å². The normalized spacial score (nSPS) is 11.3. The average Bonchev–Trinajstić information content (AvgIpc) is 3.49. The van der Waals surface area contributed by atoms with Gasteiger partial charge in [-0.05, 0) is 24.3 Å². The number of aromatic nitrogens is 2. The molecule has 0 unspecified atom stereocenters. The Balaban J connectivity index is 1.48. The minimum absolute atomic E-state index is 0.0376. The van der Waals surface area contributed by atoms with Gasteiger partial charge in [-0.3, -0.25) is 0 Å². The summed E-state index contributed by atoms with van der Waals surface area (Å²) in [6.45, 7) is 0. The fourth-order valence-electron chi connectivity index (χ4n) is 4.74. The third kappa shape index (κ3) is 3.10. The smallest absolute Gasteiger partial charge is 0.177 e. The topological polar surface area (TPSA) is 73.4 Å². The summed E-state index contributed by atoms with van der Waals surface area (Å²) in [6, 6.07) is 33.3. The monoisotopic (exact) mass is 494 g/mol. The molecule has 0 fully saturated rings. The van der Waals surface area contributed by atoms with Gasteiger partial charge in [0.25, 0.3) is 0 Å². The van der Waals surface area contributed by atoms with E-state index in [0.29, 0.717) is 11.4 Å². The second-order valence-electron chi connectivity index (χ2n) is 8.46. The molecule has 0 aliphatic carbocycles. The van der Waals surface area contributed by atoms with Crippen LogP contribution in [0.4, 0.5) is 0 Å². The highest BCUT2D eigenvalue weighted by Gasteiger charge is 2.19. The van der Waals surface area contributed by atoms with Crippen LogP contribution < -0.4 is 0 Å². The minimum Gasteiger partial charge on any atom is -0.232 e. The van der Waals surface area contributed by atoms with E-state index in [2.05, 4.69) is 70.6 Å². The molecule has 7 rings (SSSR count). The molecule has 0 atom stereocenters. The van der Waals surface area contributed by atoms with Crippen LogP contribution >= 0.6 is 22.7 Å². The molecular weight excluding hydrogens is 480 g/mol. The summed E-state index contributed by atoms with van der Waals surface area (Å²) in [5.41, 5.74) is 3.02. The Labute approximate surface area is 214 Å². The van der Waals surface area contributed by atoms with Crippen LogP contribution in [0.2, 0.25) is 0 Å². The van der Waals surface area contributed by atoms with Crippen molar-refractivity contribution in [2.24, 2.45) is 0 Å². The minimum atomic E-state index is 0.0376. The Bertz CT molecular complexity index is 1940. The Kier molecular flexibility index (Phi) is 4.59. The van der Waals surface area contributed by atoms with Crippen molar-refractivity contribution in [2.75, 3.05) is 0 Å². The van der Waals surface area contributed by atoms with Crippen molar-refractivity contribution in [3.05, 3.63) is 96.3 Å². The molecule has 0 saturated carbocycles. The molecule has 3 heterocycles. The van der Waals surface area contributed by atoms with Crippen molar-refractivity contribution >= 4 is 63.0 Å². The van der Waals surface area contributed by atoms with Crippen molar-refractivity contribution in [3.63, 3.8) is 0 Å². The lowest BCUT2D eigenvalue weighted by molar-refractivity contribution is 1.14. The molecule has 166 valence electrons. The maximum atomic E-state index is 9.67. The summed E-state index contributed by atoms with van der Waals surface area (Å²) < 4.78 is 4.74. The van der Waals surface area contributed by atoms with Crippen molar-refractivity contribution in [1.29, 1.82) is 10.5 Å². The van der Waals surface area contributed by atoms with Gasteiger partial charge in [0.15, 0.2) is 11.4 Å². The lowest BCUT2D eigenvalue weighted by Crippen LogP contribution is -2.01. The Morgan fingerprint density at radius 1 is 0.500 bits per heavy atom. The van der Waals surface area contributed by atoms with Crippen LogP contribution in [-0.2, 0) is 0 Å². The second kappa shape index (κ2) is 7.96. The molecule has 6 heteroatoms. The second-order valence-corrected chi connectivity index (χ2v) is 10.6. The number of fused-ring (bicyclic) bond motifs is 6. The standard InChI is InChI=1S/C30H14N4S2/c31-15-23-24(16-32)34-30(18-10-12-22-20-6-2-4-8-26(20)36-28(22)14-18)29(33-23)17-9-11-21-19-5-1-3-7-25(19)35-27(21)13-17/h1-14H. The van der Waals surface area contributed by atoms with E-state index < -0.39 is 0 Å². The van der Waals surface area contributed by atoms with Crippen LogP contribution in [0.15, 0.2) is 84.9 Å². The van der Waals surface area contributed by atoms with E-state index in [1.165, 1.54) is 30.9 Å². The molecule has 0 spiro atoms. The predicted octanol–water partition coefficient (Wildman–Crippen LogP) is 8.29. The van der Waals surface area contributed by atoms with Gasteiger partial charge in [-0.2, -0.15) is 10.5 Å². The van der Waals surface area contributed by atoms with Gasteiger partial charge >= 0.3 is 0 Å². The largest absolute Gasteiger partial charge is 0.232 e. The summed E-state index contributed by atoms with van der Waals surface area (Å²) in [7, 11) is 0. The van der Waals surface area contributed by atoms with E-state index in [4.69, 9.17) is 0 Å². The van der Waals surface area contributed by atoms with Crippen LogP contribution in [0, 0.1) is 22.7 Å². The third-order valence-electron chi connectivity index (χ3n) is 6.41. The molecular formula is C30H14N4S2. The zero-order valence-electron chi connectivity index (χ0n) is 18.7. The SMILES string of the molecule is N#Cc1nc(-c2ccc3c(c2)sc2ccccc23)c(-c2ccc3c(c2)sc2ccccc23)nc1C#N. The summed E-state index contributed by atoms with van der Waals surface area (Å²) in [5.74, 6) is 0. The molecule has 0 amide bonds. The number of nitriles is 2. The molecule has 0 saturated heterocycles. The summed E-state index contributed by atoms with van der Waals surface area (Å²) >= 11 is 3.46. The number of hydrogen-bond donors (Lipinski definition) is 0. The molecule has 0 aliphatic rings. The lowest BCUT2D eigenvalue weighted by atomic mass is 10.0. The van der Waals surface area contributed by atoms with E-state index >= 15 is 0 Å². The molecule has 4 nitrogen and oxygen atoms in total. The quantitative estimate of drug-likeness (QED) is 0.242. The van der Waals surface area contributed by atoms with Gasteiger partial charge in [-0.1, -0.05) is 60.7 Å². The van der Waals surface area contributed by atoms with E-state index in [9.17, 15) is 10.5 Å². The lowest BCUT2D eigenvalue weighted by Gasteiger charge is -2.10. The van der Waals surface area contributed by atoms with Crippen molar-refractivity contribution in [3.8, 4) is 34.7 Å². The maximum absolute atomic E-state index is 9.67. The molecule has 4 aromatic carbocycles. The molecule has 7 aromatic rings. The number of benzene rings is 4. The molecule has 0 bridgehead atoms. The van der Waals surface area contributed by atoms with Crippen molar-refractivity contribution < 1.29 is 0 Å². The molecule has 0 radical (unpaired) electrons. The van der Waals surface area contributed by atoms with Gasteiger partial charge in [0.05, 0.1) is 11.4 Å². The van der Waals surface area contributed by atoms with Gasteiger partial charge in [0, 0.05) is 51.5 Å². The van der Waals surface area contributed by atoms with Crippen LogP contribution in [0.1, 0.15) is 11.4 Å². The van der Waals surface area contributed by atoms with Crippen molar-refractivity contribution in [2.45, 2.75) is 0 Å². The highest BCUT2D eigenvalue weighted by molar-refractivity contribution is 7.26. The predicted molar refractivity (Wildman–Crippen MR) is 148 cm³/mol.